The van der Waals surface area contributed by atoms with Gasteiger partial charge in [0.25, 0.3) is 5.91 Å². The number of benzene rings is 2. The molecule has 0 fully saturated rings. The lowest BCUT2D eigenvalue weighted by molar-refractivity contribution is 0.0935. The summed E-state index contributed by atoms with van der Waals surface area (Å²) in [6, 6.07) is 16.6. The SMILES string of the molecule is Cc1ccccc1CC(C)NC(=O)c1cc(=O)c2ccccc2[nH]1. The van der Waals surface area contributed by atoms with Gasteiger partial charge in [-0.25, -0.2) is 0 Å². The van der Waals surface area contributed by atoms with Gasteiger partial charge in [0.05, 0.1) is 0 Å². The molecular formula is C20H20N2O2. The van der Waals surface area contributed by atoms with E-state index in [1.165, 1.54) is 17.2 Å². The van der Waals surface area contributed by atoms with Crippen LogP contribution in [0.3, 0.4) is 0 Å². The standard InChI is InChI=1S/C20H20N2O2/c1-13-7-3-4-8-15(13)11-14(2)21-20(24)18-12-19(23)16-9-5-6-10-17(16)22-18/h3-10,12,14H,11H2,1-2H3,(H,21,24)(H,22,23). The largest absolute Gasteiger partial charge is 0.350 e. The number of amides is 1. The van der Waals surface area contributed by atoms with Gasteiger partial charge in [-0.2, -0.15) is 0 Å². The average Bonchev–Trinajstić information content (AvgIpc) is 2.57. The molecule has 1 aromatic heterocycles. The molecule has 0 saturated carbocycles. The highest BCUT2D eigenvalue weighted by atomic mass is 16.2. The van der Waals surface area contributed by atoms with Crippen molar-refractivity contribution in [3.05, 3.63) is 81.6 Å². The molecule has 0 aliphatic rings. The van der Waals surface area contributed by atoms with Crippen LogP contribution in [0.15, 0.2) is 59.4 Å². The zero-order chi connectivity index (χ0) is 17.1. The maximum atomic E-state index is 12.4. The topological polar surface area (TPSA) is 62.0 Å². The minimum atomic E-state index is -0.265. The highest BCUT2D eigenvalue weighted by molar-refractivity contribution is 5.94. The predicted molar refractivity (Wildman–Crippen MR) is 96.4 cm³/mol. The molecule has 0 aliphatic carbocycles. The summed E-state index contributed by atoms with van der Waals surface area (Å²) in [6.45, 7) is 4.02. The van der Waals surface area contributed by atoms with E-state index in [2.05, 4.69) is 29.4 Å². The smallest absolute Gasteiger partial charge is 0.268 e. The van der Waals surface area contributed by atoms with Crippen molar-refractivity contribution in [2.75, 3.05) is 0 Å². The van der Waals surface area contributed by atoms with Crippen molar-refractivity contribution in [3.8, 4) is 0 Å². The predicted octanol–water partition coefficient (Wildman–Crippen LogP) is 3.20. The van der Waals surface area contributed by atoms with Gasteiger partial charge in [-0.05, 0) is 43.5 Å². The minimum Gasteiger partial charge on any atom is -0.350 e. The average molecular weight is 320 g/mol. The number of aromatic nitrogens is 1. The van der Waals surface area contributed by atoms with Crippen LogP contribution < -0.4 is 10.7 Å². The molecule has 3 aromatic rings. The van der Waals surface area contributed by atoms with Crippen LogP contribution in [-0.2, 0) is 6.42 Å². The van der Waals surface area contributed by atoms with E-state index in [0.29, 0.717) is 10.9 Å². The van der Waals surface area contributed by atoms with Gasteiger partial charge >= 0.3 is 0 Å². The van der Waals surface area contributed by atoms with Crippen molar-refractivity contribution in [1.82, 2.24) is 10.3 Å². The van der Waals surface area contributed by atoms with E-state index in [-0.39, 0.29) is 23.1 Å². The molecular weight excluding hydrogens is 300 g/mol. The van der Waals surface area contributed by atoms with Crippen molar-refractivity contribution >= 4 is 16.8 Å². The zero-order valence-electron chi connectivity index (χ0n) is 13.8. The zero-order valence-corrected chi connectivity index (χ0v) is 13.8. The van der Waals surface area contributed by atoms with Crippen molar-refractivity contribution < 1.29 is 4.79 Å². The molecule has 0 aliphatic heterocycles. The van der Waals surface area contributed by atoms with E-state index in [0.717, 1.165) is 6.42 Å². The Labute approximate surface area is 140 Å². The number of fused-ring (bicyclic) bond motifs is 1. The summed E-state index contributed by atoms with van der Waals surface area (Å²) in [5.74, 6) is -0.265. The number of rotatable bonds is 4. The lowest BCUT2D eigenvalue weighted by Gasteiger charge is -2.15. The van der Waals surface area contributed by atoms with Crippen LogP contribution in [0.25, 0.3) is 10.9 Å². The van der Waals surface area contributed by atoms with Crippen molar-refractivity contribution in [1.29, 1.82) is 0 Å². The number of aryl methyl sites for hydroxylation is 1. The third-order valence-electron chi connectivity index (χ3n) is 4.15. The Morgan fingerprint density at radius 1 is 1.12 bits per heavy atom. The lowest BCUT2D eigenvalue weighted by Crippen LogP contribution is -2.35. The Morgan fingerprint density at radius 2 is 1.83 bits per heavy atom. The molecule has 0 bridgehead atoms. The molecule has 0 spiro atoms. The van der Waals surface area contributed by atoms with Gasteiger partial charge < -0.3 is 10.3 Å². The molecule has 2 aromatic carbocycles. The number of nitrogens with one attached hydrogen (secondary N) is 2. The van der Waals surface area contributed by atoms with Crippen LogP contribution in [0.4, 0.5) is 0 Å². The van der Waals surface area contributed by atoms with Gasteiger partial charge in [-0.3, -0.25) is 9.59 Å². The number of aromatic amines is 1. The number of hydrogen-bond acceptors (Lipinski definition) is 2. The van der Waals surface area contributed by atoms with Gasteiger partial charge in [-0.1, -0.05) is 36.4 Å². The number of hydrogen-bond donors (Lipinski definition) is 2. The molecule has 3 rings (SSSR count). The van der Waals surface area contributed by atoms with Gasteiger partial charge in [0.15, 0.2) is 5.43 Å². The molecule has 1 unspecified atom stereocenters. The first-order chi connectivity index (χ1) is 11.5. The third kappa shape index (κ3) is 3.38. The van der Waals surface area contributed by atoms with Gasteiger partial charge in [0.1, 0.15) is 5.69 Å². The second kappa shape index (κ2) is 6.71. The second-order valence-corrected chi connectivity index (χ2v) is 6.10. The molecule has 24 heavy (non-hydrogen) atoms. The number of pyridine rings is 1. The normalized spacial score (nSPS) is 12.1. The first-order valence-electron chi connectivity index (χ1n) is 8.02. The summed E-state index contributed by atoms with van der Waals surface area (Å²) in [4.78, 5) is 27.6. The number of carbonyl (C=O) groups excluding carboxylic acids is 1. The fourth-order valence-corrected chi connectivity index (χ4v) is 2.84. The quantitative estimate of drug-likeness (QED) is 0.775. The van der Waals surface area contributed by atoms with Crippen molar-refractivity contribution in [3.63, 3.8) is 0 Å². The summed E-state index contributed by atoms with van der Waals surface area (Å²) >= 11 is 0. The van der Waals surface area contributed by atoms with Crippen LogP contribution in [0.1, 0.15) is 28.5 Å². The van der Waals surface area contributed by atoms with Gasteiger partial charge in [0.2, 0.25) is 0 Å². The molecule has 4 heteroatoms. The first-order valence-corrected chi connectivity index (χ1v) is 8.02. The summed E-state index contributed by atoms with van der Waals surface area (Å²) in [5.41, 5.74) is 3.22. The molecule has 2 N–H and O–H groups in total. The number of carbonyl (C=O) groups is 1. The van der Waals surface area contributed by atoms with Crippen LogP contribution in [-0.4, -0.2) is 16.9 Å². The first kappa shape index (κ1) is 16.0. The highest BCUT2D eigenvalue weighted by Gasteiger charge is 2.13. The summed E-state index contributed by atoms with van der Waals surface area (Å²) in [7, 11) is 0. The summed E-state index contributed by atoms with van der Waals surface area (Å²) in [5, 5.41) is 3.54. The lowest BCUT2D eigenvalue weighted by atomic mass is 10.0. The van der Waals surface area contributed by atoms with E-state index < -0.39 is 0 Å². The van der Waals surface area contributed by atoms with Gasteiger partial charge in [-0.15, -0.1) is 0 Å². The Hall–Kier alpha value is -2.88. The molecule has 1 heterocycles. The van der Waals surface area contributed by atoms with Crippen molar-refractivity contribution in [2.24, 2.45) is 0 Å². The van der Waals surface area contributed by atoms with Crippen LogP contribution in [0.2, 0.25) is 0 Å². The molecule has 122 valence electrons. The van der Waals surface area contributed by atoms with E-state index >= 15 is 0 Å². The Bertz CT molecular complexity index is 944. The van der Waals surface area contributed by atoms with Crippen LogP contribution in [0, 0.1) is 6.92 Å². The maximum absolute atomic E-state index is 12.4. The molecule has 1 atom stereocenters. The summed E-state index contributed by atoms with van der Waals surface area (Å²) < 4.78 is 0. The number of H-pyrrole nitrogens is 1. The van der Waals surface area contributed by atoms with Crippen LogP contribution >= 0.6 is 0 Å². The van der Waals surface area contributed by atoms with E-state index in [1.807, 2.05) is 31.2 Å². The second-order valence-electron chi connectivity index (χ2n) is 6.10. The number of para-hydroxylation sites is 1. The Morgan fingerprint density at radius 3 is 2.62 bits per heavy atom. The van der Waals surface area contributed by atoms with E-state index in [9.17, 15) is 9.59 Å². The molecule has 0 saturated heterocycles. The minimum absolute atomic E-state index is 0.0337. The molecule has 0 radical (unpaired) electrons. The van der Waals surface area contributed by atoms with Gasteiger partial charge in [0, 0.05) is 23.0 Å². The third-order valence-corrected chi connectivity index (χ3v) is 4.15. The Kier molecular flexibility index (Phi) is 4.47. The molecule has 4 nitrogen and oxygen atoms in total. The monoisotopic (exact) mass is 320 g/mol. The fraction of sp³-hybridized carbons (Fsp3) is 0.200. The maximum Gasteiger partial charge on any atom is 0.268 e. The van der Waals surface area contributed by atoms with Crippen molar-refractivity contribution in [2.45, 2.75) is 26.3 Å². The Balaban J connectivity index is 1.77. The fourth-order valence-electron chi connectivity index (χ4n) is 2.84. The molecule has 1 amide bonds. The highest BCUT2D eigenvalue weighted by Crippen LogP contribution is 2.11. The van der Waals surface area contributed by atoms with Crippen LogP contribution in [0.5, 0.6) is 0 Å². The van der Waals surface area contributed by atoms with E-state index in [4.69, 9.17) is 0 Å². The van der Waals surface area contributed by atoms with E-state index in [1.54, 1.807) is 12.1 Å². The summed E-state index contributed by atoms with van der Waals surface area (Å²) in [6.07, 6.45) is 0.746.